The van der Waals surface area contributed by atoms with Crippen molar-refractivity contribution in [3.63, 3.8) is 0 Å². The van der Waals surface area contributed by atoms with Gasteiger partial charge in [-0.25, -0.2) is 0 Å². The molecule has 6 rings (SSSR count). The number of fused-ring (bicyclic) bond motifs is 2. The van der Waals surface area contributed by atoms with E-state index in [0.29, 0.717) is 40.0 Å². The van der Waals surface area contributed by atoms with E-state index in [1.54, 1.807) is 52.1 Å². The lowest BCUT2D eigenvalue weighted by atomic mass is 9.74. The maximum atomic E-state index is 15.0. The largest absolute Gasteiger partial charge is 0.455 e. The lowest BCUT2D eigenvalue weighted by Crippen LogP contribution is -2.56. The number of carbonyl (C=O) groups excluding carboxylic acids is 4. The third-order valence-corrected chi connectivity index (χ3v) is 11.4. The number of ether oxygens (including phenoxy) is 2. The molecule has 1 spiro atoms. The van der Waals surface area contributed by atoms with Crippen LogP contribution >= 0.6 is 27.5 Å². The summed E-state index contributed by atoms with van der Waals surface area (Å²) in [5, 5.41) is 9.80. The van der Waals surface area contributed by atoms with Gasteiger partial charge in [-0.05, 0) is 62.1 Å². The maximum Gasteiger partial charge on any atom is 0.313 e. The van der Waals surface area contributed by atoms with Gasteiger partial charge in [-0.15, -0.1) is 0 Å². The van der Waals surface area contributed by atoms with Gasteiger partial charge < -0.3 is 29.3 Å². The first-order valence-corrected chi connectivity index (χ1v) is 18.5. The van der Waals surface area contributed by atoms with Gasteiger partial charge in [0.1, 0.15) is 29.8 Å². The summed E-state index contributed by atoms with van der Waals surface area (Å²) in [6.07, 6.45) is 7.33. The number of nitrogens with zero attached hydrogens (tertiary/aromatic N) is 3. The zero-order valence-corrected chi connectivity index (χ0v) is 30.6. The summed E-state index contributed by atoms with van der Waals surface area (Å²) in [6, 6.07) is 14.6. The predicted molar refractivity (Wildman–Crippen MR) is 192 cm³/mol. The predicted octanol–water partition coefficient (Wildman–Crippen LogP) is 5.58. The smallest absolute Gasteiger partial charge is 0.313 e. The minimum absolute atomic E-state index is 0.0862. The van der Waals surface area contributed by atoms with Crippen LogP contribution in [-0.2, 0) is 28.7 Å². The second kappa shape index (κ2) is 15.4. The van der Waals surface area contributed by atoms with Gasteiger partial charge in [0.05, 0.1) is 12.0 Å². The summed E-state index contributed by atoms with van der Waals surface area (Å²) in [5.74, 6) is -3.47. The van der Waals surface area contributed by atoms with Crippen molar-refractivity contribution in [1.29, 1.82) is 0 Å². The van der Waals surface area contributed by atoms with Crippen molar-refractivity contribution >= 4 is 56.9 Å². The lowest BCUT2D eigenvalue weighted by Gasteiger charge is -2.36. The number of esters is 1. The molecule has 4 heterocycles. The molecule has 0 aliphatic carbocycles. The van der Waals surface area contributed by atoms with Crippen LogP contribution in [0.2, 0.25) is 5.02 Å². The van der Waals surface area contributed by atoms with Crippen molar-refractivity contribution in [1.82, 2.24) is 9.80 Å². The second-order valence-electron chi connectivity index (χ2n) is 13.4. The third kappa shape index (κ3) is 6.77. The fraction of sp³-hybridized carbons (Fsp3) is 0.474. The fourth-order valence-electron chi connectivity index (χ4n) is 7.75. The molecule has 266 valence electrons. The average Bonchev–Trinajstić information content (AvgIpc) is 3.71. The number of cyclic esters (lactones) is 1. The van der Waals surface area contributed by atoms with E-state index in [4.69, 9.17) is 21.1 Å². The molecule has 2 aromatic rings. The molecule has 12 heteroatoms. The van der Waals surface area contributed by atoms with E-state index >= 15 is 0 Å². The number of hydrogen-bond donors (Lipinski definition) is 1. The molecule has 5 bridgehead atoms. The van der Waals surface area contributed by atoms with Crippen molar-refractivity contribution < 1.29 is 33.8 Å². The number of amides is 3. The van der Waals surface area contributed by atoms with E-state index in [9.17, 15) is 24.3 Å². The maximum absolute atomic E-state index is 15.0. The Morgan fingerprint density at radius 2 is 1.66 bits per heavy atom. The molecule has 10 nitrogen and oxygen atoms in total. The fourth-order valence-corrected chi connectivity index (χ4v) is 8.61. The molecule has 3 amide bonds. The normalized spacial score (nSPS) is 30.8. The molecule has 0 unspecified atom stereocenters. The molecule has 2 saturated heterocycles. The number of anilines is 1. The van der Waals surface area contributed by atoms with Gasteiger partial charge in [-0.2, -0.15) is 0 Å². The summed E-state index contributed by atoms with van der Waals surface area (Å²) >= 11 is 9.85. The number of unbranched alkanes of at least 4 members (excludes halogenated alkanes) is 3. The van der Waals surface area contributed by atoms with E-state index in [2.05, 4.69) is 15.9 Å². The molecule has 4 aliphatic rings. The van der Waals surface area contributed by atoms with Crippen LogP contribution in [-0.4, -0.2) is 89.1 Å². The molecular formula is C38H43BrClN3O7. The number of halogens is 2. The number of aliphatic hydroxyl groups excluding tert-OH is 1. The van der Waals surface area contributed by atoms with Crippen LogP contribution < -0.4 is 4.90 Å². The summed E-state index contributed by atoms with van der Waals surface area (Å²) in [5.41, 5.74) is -0.123. The third-order valence-electron chi connectivity index (χ3n) is 10.4. The molecule has 0 saturated carbocycles. The molecule has 2 fully saturated rings. The number of allylic oxidation sites excluding steroid dienone is 1. The zero-order chi connectivity index (χ0) is 35.6. The number of carbonyl (C=O) groups is 4. The van der Waals surface area contributed by atoms with Gasteiger partial charge in [-0.3, -0.25) is 19.2 Å². The van der Waals surface area contributed by atoms with Gasteiger partial charge in [0.25, 0.3) is 5.91 Å². The van der Waals surface area contributed by atoms with Crippen LogP contribution in [0.25, 0.3) is 0 Å². The molecule has 0 aromatic heterocycles. The molecule has 7 atom stereocenters. The van der Waals surface area contributed by atoms with Gasteiger partial charge in [0, 0.05) is 48.4 Å². The Kier molecular flexibility index (Phi) is 11.2. The first-order chi connectivity index (χ1) is 24.1. The van der Waals surface area contributed by atoms with E-state index in [0.717, 1.165) is 12.8 Å². The van der Waals surface area contributed by atoms with Crippen molar-refractivity contribution in [2.24, 2.45) is 11.8 Å². The SMILES string of the molecule is C[C@H]1[C@H](c2ccccc2)OC(=O)[C@H]2[C@@H]3O[C@@]4(C=C3Br)[C@@H]2C(=O)N(CCCCCCO)[C@@H]4C(=O)N(c2ccc(Cl)cc2)C/C=C\CCC(=O)N1C. The Morgan fingerprint density at radius 3 is 2.38 bits per heavy atom. The molecular weight excluding hydrogens is 726 g/mol. The van der Waals surface area contributed by atoms with Crippen molar-refractivity contribution in [2.45, 2.75) is 75.3 Å². The summed E-state index contributed by atoms with van der Waals surface area (Å²) in [4.78, 5) is 62.3. The van der Waals surface area contributed by atoms with E-state index in [1.807, 2.05) is 49.4 Å². The highest BCUT2D eigenvalue weighted by Crippen LogP contribution is 2.59. The van der Waals surface area contributed by atoms with Crippen LogP contribution in [0, 0.1) is 11.8 Å². The van der Waals surface area contributed by atoms with Crippen LogP contribution in [0.3, 0.4) is 0 Å². The van der Waals surface area contributed by atoms with Crippen molar-refractivity contribution in [3.05, 3.63) is 87.9 Å². The lowest BCUT2D eigenvalue weighted by molar-refractivity contribution is -0.164. The topological polar surface area (TPSA) is 117 Å². The molecule has 0 radical (unpaired) electrons. The molecule has 50 heavy (non-hydrogen) atoms. The van der Waals surface area contributed by atoms with Gasteiger partial charge >= 0.3 is 5.97 Å². The number of aliphatic hydroxyl groups is 1. The highest BCUT2D eigenvalue weighted by molar-refractivity contribution is 9.11. The minimum atomic E-state index is -1.42. The zero-order valence-electron chi connectivity index (χ0n) is 28.3. The first kappa shape index (κ1) is 36.3. The number of likely N-dealkylation sites (N-methyl/N-ethyl adjacent to an activating group) is 1. The van der Waals surface area contributed by atoms with E-state index in [1.165, 1.54) is 0 Å². The van der Waals surface area contributed by atoms with Crippen molar-refractivity contribution in [3.8, 4) is 0 Å². The molecule has 1 N–H and O–H groups in total. The monoisotopic (exact) mass is 767 g/mol. The Balaban J connectivity index is 1.45. The standard InChI is InChI=1S/C38H43BrClN3O7/c1-24-32(25-13-7-5-8-14-25)49-37(48)30-31-35(46)43(21-10-3-4-12-22-44)34(38(31)23-28(39)33(30)50-38)36(47)42(27-18-16-26(40)17-19-27)20-11-6-9-15-29(45)41(24)2/h5-8,11,13-14,16-19,23-24,30-34,44H,3-4,9-10,12,15,20-22H2,1-2H3/b11-6-/t24-,30+,31-,32+,33+,34+,38-/m0/s1. The van der Waals surface area contributed by atoms with Crippen LogP contribution in [0.15, 0.2) is 77.3 Å². The Hall–Kier alpha value is -3.51. The van der Waals surface area contributed by atoms with Crippen LogP contribution in [0.1, 0.15) is 57.1 Å². The van der Waals surface area contributed by atoms with Crippen molar-refractivity contribution in [2.75, 3.05) is 31.6 Å². The average molecular weight is 769 g/mol. The Bertz CT molecular complexity index is 1650. The van der Waals surface area contributed by atoms with Gasteiger partial charge in [-0.1, -0.05) is 82.9 Å². The second-order valence-corrected chi connectivity index (χ2v) is 14.8. The summed E-state index contributed by atoms with van der Waals surface area (Å²) < 4.78 is 13.6. The number of rotatable bonds is 8. The van der Waals surface area contributed by atoms with E-state index in [-0.39, 0.29) is 43.8 Å². The highest BCUT2D eigenvalue weighted by atomic mass is 79.9. The van der Waals surface area contributed by atoms with E-state index < -0.39 is 47.7 Å². The quantitative estimate of drug-likeness (QED) is 0.212. The van der Waals surface area contributed by atoms with Crippen LogP contribution in [0.5, 0.6) is 0 Å². The molecule has 4 aliphatic heterocycles. The number of benzene rings is 2. The minimum Gasteiger partial charge on any atom is -0.455 e. The number of hydrogen-bond acceptors (Lipinski definition) is 7. The Morgan fingerprint density at radius 1 is 0.940 bits per heavy atom. The highest BCUT2D eigenvalue weighted by Gasteiger charge is 2.75. The summed E-state index contributed by atoms with van der Waals surface area (Å²) in [7, 11) is 1.70. The summed E-state index contributed by atoms with van der Waals surface area (Å²) in [6.45, 7) is 2.38. The Labute approximate surface area is 306 Å². The first-order valence-electron chi connectivity index (χ1n) is 17.3. The van der Waals surface area contributed by atoms with Crippen LogP contribution in [0.4, 0.5) is 5.69 Å². The van der Waals surface area contributed by atoms with Gasteiger partial charge in [0.15, 0.2) is 0 Å². The molecule has 2 aromatic carbocycles. The number of likely N-dealkylation sites (tertiary alicyclic amines) is 1. The van der Waals surface area contributed by atoms with Gasteiger partial charge in [0.2, 0.25) is 11.8 Å².